The minimum Gasteiger partial charge on any atom is -0.394 e. The van der Waals surface area contributed by atoms with Crippen LogP contribution in [0.1, 0.15) is 188 Å². The first-order chi connectivity index (χ1) is 26.9. The summed E-state index contributed by atoms with van der Waals surface area (Å²) in [6.45, 7) is 5.43. The SMILES string of the molecule is CCCCCCCCCCCCCCC(CCCCCCCCCCCCCC)CO[C@@H]1O[C@H](CO)[C@@H](O)[C@H](OS(=O)(=O)O)[C@H]1O[C@@H]1O[C@@H](C)[C@@H](O)[C@@H](O)[C@@H]1O. The second-order valence-electron chi connectivity index (χ2n) is 16.5. The monoisotopic (exact) mass is 827 g/mol. The molecule has 0 aliphatic carbocycles. The Morgan fingerprint density at radius 2 is 0.982 bits per heavy atom. The highest BCUT2D eigenvalue weighted by atomic mass is 32.3. The van der Waals surface area contributed by atoms with Gasteiger partial charge >= 0.3 is 10.4 Å². The summed E-state index contributed by atoms with van der Waals surface area (Å²) in [7, 11) is -5.15. The predicted octanol–water partition coefficient (Wildman–Crippen LogP) is 7.28. The molecule has 0 unspecified atom stereocenters. The van der Waals surface area contributed by atoms with Gasteiger partial charge in [0.2, 0.25) is 0 Å². The average molecular weight is 827 g/mol. The van der Waals surface area contributed by atoms with E-state index in [2.05, 4.69) is 13.8 Å². The highest BCUT2D eigenvalue weighted by molar-refractivity contribution is 7.80. The van der Waals surface area contributed by atoms with E-state index >= 15 is 0 Å². The van der Waals surface area contributed by atoms with Gasteiger partial charge in [-0.15, -0.1) is 0 Å². The molecule has 2 fully saturated rings. The summed E-state index contributed by atoms with van der Waals surface area (Å²) >= 11 is 0. The molecule has 0 spiro atoms. The lowest BCUT2D eigenvalue weighted by Gasteiger charge is -2.46. The Kier molecular flexibility index (Phi) is 28.2. The van der Waals surface area contributed by atoms with E-state index in [-0.39, 0.29) is 12.5 Å². The van der Waals surface area contributed by atoms with E-state index < -0.39 is 78.4 Å². The second kappa shape index (κ2) is 30.5. The molecular formula is C42H82O13S. The summed E-state index contributed by atoms with van der Waals surface area (Å²) in [4.78, 5) is 0. The second-order valence-corrected chi connectivity index (χ2v) is 17.6. The van der Waals surface area contributed by atoms with Gasteiger partial charge in [-0.25, -0.2) is 4.18 Å². The van der Waals surface area contributed by atoms with Crippen molar-refractivity contribution in [2.75, 3.05) is 13.2 Å². The van der Waals surface area contributed by atoms with Crippen molar-refractivity contribution >= 4 is 10.4 Å². The number of hydrogen-bond acceptors (Lipinski definition) is 12. The van der Waals surface area contributed by atoms with Crippen LogP contribution < -0.4 is 0 Å². The molecule has 2 aliphatic heterocycles. The first-order valence-corrected chi connectivity index (χ1v) is 23.9. The molecule has 2 rings (SSSR count). The summed E-state index contributed by atoms with van der Waals surface area (Å²) in [5.74, 6) is 0.138. The summed E-state index contributed by atoms with van der Waals surface area (Å²) in [5, 5.41) is 52.2. The first kappa shape index (κ1) is 51.7. The van der Waals surface area contributed by atoms with E-state index in [1.165, 1.54) is 135 Å². The lowest BCUT2D eigenvalue weighted by atomic mass is 9.94. The van der Waals surface area contributed by atoms with E-state index in [0.29, 0.717) is 0 Å². The summed E-state index contributed by atoms with van der Waals surface area (Å²) in [6.07, 6.45) is 16.5. The molecule has 10 atom stereocenters. The van der Waals surface area contributed by atoms with Crippen LogP contribution >= 0.6 is 0 Å². The van der Waals surface area contributed by atoms with Crippen LogP contribution in [-0.4, -0.2) is 113 Å². The molecule has 334 valence electrons. The Morgan fingerprint density at radius 1 is 0.554 bits per heavy atom. The molecule has 0 aromatic rings. The van der Waals surface area contributed by atoms with Crippen molar-refractivity contribution in [3.05, 3.63) is 0 Å². The number of ether oxygens (including phenoxy) is 4. The topological polar surface area (TPSA) is 202 Å². The Balaban J connectivity index is 2.02. The minimum absolute atomic E-state index is 0.138. The van der Waals surface area contributed by atoms with Gasteiger partial charge in [0.1, 0.15) is 42.7 Å². The average Bonchev–Trinajstić information content (AvgIpc) is 3.16. The van der Waals surface area contributed by atoms with Gasteiger partial charge in [0.25, 0.3) is 0 Å². The Bertz CT molecular complexity index is 1020. The quantitative estimate of drug-likeness (QED) is 0.0280. The van der Waals surface area contributed by atoms with E-state index in [1.54, 1.807) is 0 Å². The number of aliphatic hydroxyl groups is 5. The molecule has 2 aliphatic rings. The van der Waals surface area contributed by atoms with Crippen LogP contribution in [0.4, 0.5) is 0 Å². The maximum Gasteiger partial charge on any atom is 0.397 e. The largest absolute Gasteiger partial charge is 0.397 e. The lowest BCUT2D eigenvalue weighted by molar-refractivity contribution is -0.363. The molecule has 0 radical (unpaired) electrons. The molecule has 0 amide bonds. The lowest BCUT2D eigenvalue weighted by Crippen LogP contribution is -2.65. The van der Waals surface area contributed by atoms with Crippen LogP contribution in [0.2, 0.25) is 0 Å². The van der Waals surface area contributed by atoms with Crippen LogP contribution in [-0.2, 0) is 33.5 Å². The molecule has 2 heterocycles. The van der Waals surface area contributed by atoms with Crippen LogP contribution in [0.5, 0.6) is 0 Å². The normalized spacial score (nSPS) is 28.7. The van der Waals surface area contributed by atoms with Gasteiger partial charge in [0.05, 0.1) is 19.3 Å². The van der Waals surface area contributed by atoms with Crippen molar-refractivity contribution in [3.63, 3.8) is 0 Å². The van der Waals surface area contributed by atoms with Gasteiger partial charge in [-0.1, -0.05) is 168 Å². The zero-order chi connectivity index (χ0) is 41.2. The molecule has 2 saturated heterocycles. The first-order valence-electron chi connectivity index (χ1n) is 22.5. The Hall–Kier alpha value is -0.490. The van der Waals surface area contributed by atoms with E-state index in [0.717, 1.165) is 38.5 Å². The third kappa shape index (κ3) is 21.2. The highest BCUT2D eigenvalue weighted by Crippen LogP contribution is 2.33. The molecule has 14 heteroatoms. The fraction of sp³-hybridized carbons (Fsp3) is 1.00. The summed E-state index contributed by atoms with van der Waals surface area (Å²) in [5.41, 5.74) is 0. The number of hydrogen-bond donors (Lipinski definition) is 6. The highest BCUT2D eigenvalue weighted by Gasteiger charge is 2.52. The van der Waals surface area contributed by atoms with Crippen molar-refractivity contribution in [3.8, 4) is 0 Å². The van der Waals surface area contributed by atoms with Gasteiger partial charge in [-0.2, -0.15) is 8.42 Å². The third-order valence-corrected chi connectivity index (χ3v) is 12.0. The zero-order valence-electron chi connectivity index (χ0n) is 35.1. The maximum absolute atomic E-state index is 11.9. The molecule has 13 nitrogen and oxygen atoms in total. The third-order valence-electron chi connectivity index (χ3n) is 11.6. The van der Waals surface area contributed by atoms with Gasteiger partial charge in [0, 0.05) is 0 Å². The van der Waals surface area contributed by atoms with Gasteiger partial charge in [0.15, 0.2) is 12.6 Å². The summed E-state index contributed by atoms with van der Waals surface area (Å²) < 4.78 is 62.0. The zero-order valence-corrected chi connectivity index (χ0v) is 35.9. The molecule has 56 heavy (non-hydrogen) atoms. The Labute approximate surface area is 339 Å². The van der Waals surface area contributed by atoms with Crippen molar-refractivity contribution in [1.82, 2.24) is 0 Å². The van der Waals surface area contributed by atoms with Crippen LogP contribution in [0.15, 0.2) is 0 Å². The van der Waals surface area contributed by atoms with Crippen LogP contribution in [0, 0.1) is 5.92 Å². The van der Waals surface area contributed by atoms with Crippen molar-refractivity contribution in [1.29, 1.82) is 0 Å². The number of aliphatic hydroxyl groups excluding tert-OH is 5. The van der Waals surface area contributed by atoms with Crippen LogP contribution in [0.25, 0.3) is 0 Å². The van der Waals surface area contributed by atoms with Crippen molar-refractivity contribution < 1.29 is 61.6 Å². The van der Waals surface area contributed by atoms with E-state index in [9.17, 15) is 38.5 Å². The molecule has 0 saturated carbocycles. The van der Waals surface area contributed by atoms with Crippen molar-refractivity contribution in [2.24, 2.45) is 5.92 Å². The molecule has 0 aromatic carbocycles. The maximum atomic E-state index is 11.9. The van der Waals surface area contributed by atoms with Crippen molar-refractivity contribution in [2.45, 2.75) is 249 Å². The molecule has 6 N–H and O–H groups in total. The number of unbranched alkanes of at least 4 members (excludes halogenated alkanes) is 22. The smallest absolute Gasteiger partial charge is 0.394 e. The molecular weight excluding hydrogens is 745 g/mol. The Morgan fingerprint density at radius 3 is 1.39 bits per heavy atom. The minimum atomic E-state index is -5.15. The predicted molar refractivity (Wildman–Crippen MR) is 216 cm³/mol. The standard InChI is InChI=1S/C42H82O13S/c1-4-6-8-10-12-14-16-18-20-22-24-26-28-33(29-27-25-23-21-19-17-15-13-11-9-7-5-2)31-51-42-40(54-41-38(47)37(46)35(44)32(3)52-41)39(55-56(48,49)50)36(45)34(30-43)53-42/h32-47H,4-31H2,1-3H3,(H,48,49,50)/t32-,34+,35+,36+,37+,38-,39-,40+,41-,42+/m0/s1. The van der Waals surface area contributed by atoms with E-state index in [1.807, 2.05) is 0 Å². The fourth-order valence-electron chi connectivity index (χ4n) is 7.94. The summed E-state index contributed by atoms with van der Waals surface area (Å²) in [6, 6.07) is 0. The molecule has 0 aromatic heterocycles. The fourth-order valence-corrected chi connectivity index (χ4v) is 8.44. The van der Waals surface area contributed by atoms with Gasteiger partial charge < -0.3 is 44.5 Å². The van der Waals surface area contributed by atoms with Gasteiger partial charge in [-0.05, 0) is 25.7 Å². The van der Waals surface area contributed by atoms with Gasteiger partial charge in [-0.3, -0.25) is 4.55 Å². The van der Waals surface area contributed by atoms with Crippen LogP contribution in [0.3, 0.4) is 0 Å². The van der Waals surface area contributed by atoms with E-state index in [4.69, 9.17) is 23.1 Å². The number of rotatable bonds is 34. The molecule has 0 bridgehead atoms.